The summed E-state index contributed by atoms with van der Waals surface area (Å²) < 4.78 is 0. The molecule has 2 rings (SSSR count). The first-order chi connectivity index (χ1) is 9.58. The molecule has 1 N–H and O–H groups in total. The number of nitrogens with zero attached hydrogens (tertiary/aromatic N) is 4. The van der Waals surface area contributed by atoms with Gasteiger partial charge in [0.1, 0.15) is 18.0 Å². The van der Waals surface area contributed by atoms with Gasteiger partial charge in [0.15, 0.2) is 0 Å². The molecule has 1 unspecified atom stereocenters. The molecule has 1 aromatic rings. The van der Waals surface area contributed by atoms with Crippen LogP contribution in [-0.4, -0.2) is 54.1 Å². The number of likely N-dealkylation sites (N-methyl/N-ethyl adjacent to an activating group) is 1. The summed E-state index contributed by atoms with van der Waals surface area (Å²) in [5.74, 6) is 2.46. The number of hydrogen-bond donors (Lipinski definition) is 1. The molecule has 1 aromatic heterocycles. The molecule has 0 radical (unpaired) electrons. The molecule has 0 aromatic carbocycles. The summed E-state index contributed by atoms with van der Waals surface area (Å²) in [5.41, 5.74) is 1.23. The number of aromatic nitrogens is 2. The topological polar surface area (TPSA) is 44.3 Å². The fourth-order valence-corrected chi connectivity index (χ4v) is 3.03. The fourth-order valence-electron chi connectivity index (χ4n) is 3.03. The van der Waals surface area contributed by atoms with Gasteiger partial charge in [-0.25, -0.2) is 9.97 Å². The van der Waals surface area contributed by atoms with E-state index < -0.39 is 0 Å². The monoisotopic (exact) mass is 277 g/mol. The first-order valence-corrected chi connectivity index (χ1v) is 7.60. The van der Waals surface area contributed by atoms with Crippen molar-refractivity contribution in [2.45, 2.75) is 39.7 Å². The Hall–Kier alpha value is -1.36. The van der Waals surface area contributed by atoms with Gasteiger partial charge in [-0.05, 0) is 19.4 Å². The molecule has 1 saturated heterocycles. The van der Waals surface area contributed by atoms with Crippen molar-refractivity contribution in [3.8, 4) is 0 Å². The molecule has 2 heterocycles. The van der Waals surface area contributed by atoms with Crippen LogP contribution < -0.4 is 10.2 Å². The summed E-state index contributed by atoms with van der Waals surface area (Å²) in [5, 5.41) is 3.20. The Bertz CT molecular complexity index is 446. The lowest BCUT2D eigenvalue weighted by Gasteiger charge is -2.40. The predicted octanol–water partition coefficient (Wildman–Crippen LogP) is 2.17. The van der Waals surface area contributed by atoms with Crippen LogP contribution in [0.25, 0.3) is 0 Å². The van der Waals surface area contributed by atoms with Crippen LogP contribution in [0.15, 0.2) is 6.33 Å². The van der Waals surface area contributed by atoms with Crippen LogP contribution in [-0.2, 0) is 0 Å². The Kier molecular flexibility index (Phi) is 4.81. The lowest BCUT2D eigenvalue weighted by atomic mass is 10.0. The zero-order valence-corrected chi connectivity index (χ0v) is 13.3. The average Bonchev–Trinajstić information content (AvgIpc) is 2.46. The van der Waals surface area contributed by atoms with Gasteiger partial charge < -0.3 is 10.2 Å². The highest BCUT2D eigenvalue weighted by Gasteiger charge is 2.26. The standard InChI is InChI=1S/C15H27N5/c1-6-19-7-8-20(9-12(19)4)15-13(11(2)3)14(16-5)17-10-18-15/h10-12H,6-9H2,1-5H3,(H,16,17,18). The van der Waals surface area contributed by atoms with Crippen molar-refractivity contribution < 1.29 is 0 Å². The van der Waals surface area contributed by atoms with Crippen LogP contribution in [0.2, 0.25) is 0 Å². The second kappa shape index (κ2) is 6.39. The molecule has 1 atom stereocenters. The van der Waals surface area contributed by atoms with Gasteiger partial charge in [0.2, 0.25) is 0 Å². The van der Waals surface area contributed by atoms with E-state index in [-0.39, 0.29) is 0 Å². The van der Waals surface area contributed by atoms with E-state index in [0.717, 1.165) is 37.8 Å². The largest absolute Gasteiger partial charge is 0.373 e. The van der Waals surface area contributed by atoms with E-state index in [1.54, 1.807) is 6.33 Å². The summed E-state index contributed by atoms with van der Waals surface area (Å²) in [6.45, 7) is 13.2. The third kappa shape index (κ3) is 2.87. The van der Waals surface area contributed by atoms with Gasteiger partial charge in [0.25, 0.3) is 0 Å². The van der Waals surface area contributed by atoms with Gasteiger partial charge in [-0.2, -0.15) is 0 Å². The Morgan fingerprint density at radius 2 is 2.10 bits per heavy atom. The fraction of sp³-hybridized carbons (Fsp3) is 0.733. The van der Waals surface area contributed by atoms with E-state index in [4.69, 9.17) is 0 Å². The van der Waals surface area contributed by atoms with E-state index in [2.05, 4.69) is 52.8 Å². The molecule has 1 aliphatic rings. The molecule has 5 nitrogen and oxygen atoms in total. The average molecular weight is 277 g/mol. The molecule has 0 amide bonds. The number of hydrogen-bond acceptors (Lipinski definition) is 5. The molecule has 0 saturated carbocycles. The SMILES string of the molecule is CCN1CCN(c2ncnc(NC)c2C(C)C)CC1C. The highest BCUT2D eigenvalue weighted by molar-refractivity contribution is 5.60. The summed E-state index contributed by atoms with van der Waals surface area (Å²) in [4.78, 5) is 13.9. The number of nitrogens with one attached hydrogen (secondary N) is 1. The van der Waals surface area contributed by atoms with E-state index in [1.165, 1.54) is 5.56 Å². The van der Waals surface area contributed by atoms with Crippen molar-refractivity contribution in [3.63, 3.8) is 0 Å². The predicted molar refractivity (Wildman–Crippen MR) is 84.6 cm³/mol. The summed E-state index contributed by atoms with van der Waals surface area (Å²) in [7, 11) is 1.93. The van der Waals surface area contributed by atoms with E-state index in [1.807, 2.05) is 7.05 Å². The van der Waals surface area contributed by atoms with Crippen molar-refractivity contribution in [2.75, 3.05) is 43.4 Å². The second-order valence-electron chi connectivity index (χ2n) is 5.79. The Labute approximate surface area is 122 Å². The third-order valence-electron chi connectivity index (χ3n) is 4.15. The minimum atomic E-state index is 0.410. The minimum absolute atomic E-state index is 0.410. The number of rotatable bonds is 4. The molecule has 0 aliphatic carbocycles. The van der Waals surface area contributed by atoms with Crippen molar-refractivity contribution in [1.29, 1.82) is 0 Å². The van der Waals surface area contributed by atoms with Gasteiger partial charge in [-0.3, -0.25) is 4.90 Å². The van der Waals surface area contributed by atoms with Gasteiger partial charge in [-0.15, -0.1) is 0 Å². The lowest BCUT2D eigenvalue weighted by Crippen LogP contribution is -2.52. The van der Waals surface area contributed by atoms with Gasteiger partial charge >= 0.3 is 0 Å². The Morgan fingerprint density at radius 1 is 1.35 bits per heavy atom. The van der Waals surface area contributed by atoms with E-state index in [9.17, 15) is 0 Å². The summed E-state index contributed by atoms with van der Waals surface area (Å²) >= 11 is 0. The third-order valence-corrected chi connectivity index (χ3v) is 4.15. The van der Waals surface area contributed by atoms with Crippen molar-refractivity contribution in [1.82, 2.24) is 14.9 Å². The molecule has 20 heavy (non-hydrogen) atoms. The minimum Gasteiger partial charge on any atom is -0.373 e. The maximum Gasteiger partial charge on any atom is 0.137 e. The maximum absolute atomic E-state index is 4.57. The van der Waals surface area contributed by atoms with E-state index in [0.29, 0.717) is 12.0 Å². The van der Waals surface area contributed by atoms with Crippen LogP contribution in [0, 0.1) is 0 Å². The summed E-state index contributed by atoms with van der Waals surface area (Å²) in [6.07, 6.45) is 1.67. The molecule has 1 fully saturated rings. The highest BCUT2D eigenvalue weighted by Crippen LogP contribution is 2.31. The van der Waals surface area contributed by atoms with Crippen molar-refractivity contribution in [2.24, 2.45) is 0 Å². The van der Waals surface area contributed by atoms with Gasteiger partial charge in [0, 0.05) is 38.3 Å². The number of piperazine rings is 1. The Balaban J connectivity index is 2.29. The second-order valence-corrected chi connectivity index (χ2v) is 5.79. The smallest absolute Gasteiger partial charge is 0.137 e. The molecule has 112 valence electrons. The highest BCUT2D eigenvalue weighted by atomic mass is 15.3. The molecule has 1 aliphatic heterocycles. The first kappa shape index (κ1) is 15.0. The van der Waals surface area contributed by atoms with Crippen LogP contribution in [0.3, 0.4) is 0 Å². The van der Waals surface area contributed by atoms with Crippen molar-refractivity contribution >= 4 is 11.6 Å². The quantitative estimate of drug-likeness (QED) is 0.914. The van der Waals surface area contributed by atoms with Crippen molar-refractivity contribution in [3.05, 3.63) is 11.9 Å². The molecule has 0 bridgehead atoms. The molecular weight excluding hydrogens is 250 g/mol. The zero-order valence-electron chi connectivity index (χ0n) is 13.3. The Morgan fingerprint density at radius 3 is 2.65 bits per heavy atom. The van der Waals surface area contributed by atoms with Gasteiger partial charge in [0.05, 0.1) is 0 Å². The molecular formula is C15H27N5. The first-order valence-electron chi connectivity index (χ1n) is 7.60. The van der Waals surface area contributed by atoms with Crippen LogP contribution in [0.4, 0.5) is 11.6 Å². The normalized spacial score (nSPS) is 20.5. The van der Waals surface area contributed by atoms with Crippen LogP contribution >= 0.6 is 0 Å². The molecule has 0 spiro atoms. The van der Waals surface area contributed by atoms with E-state index >= 15 is 0 Å². The maximum atomic E-state index is 4.57. The van der Waals surface area contributed by atoms with Crippen LogP contribution in [0.1, 0.15) is 39.2 Å². The lowest BCUT2D eigenvalue weighted by molar-refractivity contribution is 0.199. The zero-order chi connectivity index (χ0) is 14.7. The summed E-state index contributed by atoms with van der Waals surface area (Å²) in [6, 6.07) is 0.571. The van der Waals surface area contributed by atoms with Gasteiger partial charge in [-0.1, -0.05) is 20.8 Å². The number of anilines is 2. The van der Waals surface area contributed by atoms with Crippen LogP contribution in [0.5, 0.6) is 0 Å². The molecule has 5 heteroatoms.